The number of imidazole rings is 1. The fraction of sp³-hybridized carbons (Fsp3) is 0.312. The predicted octanol–water partition coefficient (Wildman–Crippen LogP) is 3.93. The second-order valence-corrected chi connectivity index (χ2v) is 4.55. The summed E-state index contributed by atoms with van der Waals surface area (Å²) in [6.45, 7) is 4.16. The Hall–Kier alpha value is -2.23. The van der Waals surface area contributed by atoms with Crippen LogP contribution in [-0.4, -0.2) is 19.9 Å². The van der Waals surface area contributed by atoms with Gasteiger partial charge in [-0.15, -0.1) is 0 Å². The van der Waals surface area contributed by atoms with E-state index in [9.17, 15) is 0 Å². The van der Waals surface area contributed by atoms with Crippen LogP contribution in [0, 0.1) is 0 Å². The van der Waals surface area contributed by atoms with E-state index in [-0.39, 0.29) is 0 Å². The molecule has 2 aromatic heterocycles. The molecule has 2 heterocycles. The minimum absolute atomic E-state index is 0.336. The van der Waals surface area contributed by atoms with Crippen LogP contribution in [-0.2, 0) is 0 Å². The summed E-state index contributed by atoms with van der Waals surface area (Å²) in [5.41, 5.74) is 1.62. The van der Waals surface area contributed by atoms with E-state index >= 15 is 0 Å². The molecule has 20 heavy (non-hydrogen) atoms. The summed E-state index contributed by atoms with van der Waals surface area (Å²) in [7, 11) is 0. The fourth-order valence-electron chi connectivity index (χ4n) is 1.96. The van der Waals surface area contributed by atoms with Gasteiger partial charge in [-0.2, -0.15) is 0 Å². The topological polar surface area (TPSA) is 54.5 Å². The smallest absolute Gasteiger partial charge is 0.180 e. The molecule has 0 spiro atoms. The van der Waals surface area contributed by atoms with E-state index in [2.05, 4.69) is 39.0 Å². The molecule has 0 aromatic carbocycles. The van der Waals surface area contributed by atoms with Crippen molar-refractivity contribution in [3.05, 3.63) is 54.8 Å². The molecule has 0 amide bonds. The summed E-state index contributed by atoms with van der Waals surface area (Å²) < 4.78 is 0. The third-order valence-corrected chi connectivity index (χ3v) is 3.13. The lowest BCUT2D eigenvalue weighted by molar-refractivity contribution is 0.632. The lowest BCUT2D eigenvalue weighted by Crippen LogP contribution is -2.02. The van der Waals surface area contributed by atoms with Crippen molar-refractivity contribution in [1.29, 1.82) is 0 Å². The molecule has 104 valence electrons. The highest BCUT2D eigenvalue weighted by Crippen LogP contribution is 2.21. The van der Waals surface area contributed by atoms with Crippen LogP contribution in [0.4, 0.5) is 0 Å². The standard InChI is InChI=1S/C16H20N4/c1-3-5-6-7-8-9-10-13(4-2)15-17-11-14-16(20-15)19-12-18-14/h3,5-9,11-13H,4,10H2,1-2H3,(H,17,18,19,20)/b5-3+,7-6+,9-8+. The van der Waals surface area contributed by atoms with Gasteiger partial charge >= 0.3 is 0 Å². The van der Waals surface area contributed by atoms with Crippen molar-refractivity contribution in [2.24, 2.45) is 0 Å². The van der Waals surface area contributed by atoms with Gasteiger partial charge in [0.05, 0.1) is 12.5 Å². The lowest BCUT2D eigenvalue weighted by atomic mass is 10.0. The van der Waals surface area contributed by atoms with Gasteiger partial charge in [-0.3, -0.25) is 0 Å². The third kappa shape index (κ3) is 3.63. The SMILES string of the molecule is C/C=C/C=C/C=C/CC(CC)c1ncc2[nH]cnc2n1. The zero-order chi connectivity index (χ0) is 14.2. The van der Waals surface area contributed by atoms with Crippen LogP contribution in [0.2, 0.25) is 0 Å². The highest BCUT2D eigenvalue weighted by atomic mass is 15.0. The van der Waals surface area contributed by atoms with Crippen molar-refractivity contribution in [1.82, 2.24) is 19.9 Å². The lowest BCUT2D eigenvalue weighted by Gasteiger charge is -2.10. The number of nitrogens with one attached hydrogen (secondary N) is 1. The first-order valence-electron chi connectivity index (χ1n) is 6.95. The Kier molecular flexibility index (Phi) is 5.24. The van der Waals surface area contributed by atoms with Crippen molar-refractivity contribution in [3.63, 3.8) is 0 Å². The molecule has 0 aliphatic rings. The van der Waals surface area contributed by atoms with Gasteiger partial charge in [0.2, 0.25) is 0 Å². The summed E-state index contributed by atoms with van der Waals surface area (Å²) >= 11 is 0. The number of allylic oxidation sites excluding steroid dienone is 6. The van der Waals surface area contributed by atoms with Crippen molar-refractivity contribution in [3.8, 4) is 0 Å². The minimum Gasteiger partial charge on any atom is -0.342 e. The number of rotatable bonds is 6. The summed E-state index contributed by atoms with van der Waals surface area (Å²) in [6.07, 6.45) is 17.7. The number of nitrogens with zero attached hydrogens (tertiary/aromatic N) is 3. The summed E-state index contributed by atoms with van der Waals surface area (Å²) in [6, 6.07) is 0. The molecule has 1 unspecified atom stereocenters. The van der Waals surface area contributed by atoms with Crippen LogP contribution in [0.1, 0.15) is 38.4 Å². The molecule has 4 nitrogen and oxygen atoms in total. The Morgan fingerprint density at radius 3 is 2.85 bits per heavy atom. The number of aromatic amines is 1. The number of hydrogen-bond acceptors (Lipinski definition) is 3. The van der Waals surface area contributed by atoms with Crippen LogP contribution in [0.15, 0.2) is 49.0 Å². The number of fused-ring (bicyclic) bond motifs is 1. The Morgan fingerprint density at radius 2 is 2.05 bits per heavy atom. The van der Waals surface area contributed by atoms with E-state index in [0.717, 1.165) is 29.8 Å². The Labute approximate surface area is 119 Å². The second kappa shape index (κ2) is 7.38. The zero-order valence-electron chi connectivity index (χ0n) is 12.0. The largest absolute Gasteiger partial charge is 0.342 e. The van der Waals surface area contributed by atoms with E-state index in [1.54, 1.807) is 6.33 Å². The molecular weight excluding hydrogens is 248 g/mol. The average Bonchev–Trinajstić information content (AvgIpc) is 2.94. The average molecular weight is 268 g/mol. The van der Waals surface area contributed by atoms with E-state index in [0.29, 0.717) is 5.92 Å². The first-order chi connectivity index (χ1) is 9.85. The van der Waals surface area contributed by atoms with Crippen molar-refractivity contribution in [2.75, 3.05) is 0 Å². The van der Waals surface area contributed by atoms with Gasteiger partial charge in [-0.25, -0.2) is 15.0 Å². The van der Waals surface area contributed by atoms with Crippen molar-refractivity contribution in [2.45, 2.75) is 32.6 Å². The maximum Gasteiger partial charge on any atom is 0.180 e. The second-order valence-electron chi connectivity index (χ2n) is 4.55. The van der Waals surface area contributed by atoms with Crippen LogP contribution in [0.3, 0.4) is 0 Å². The molecule has 4 heteroatoms. The van der Waals surface area contributed by atoms with Gasteiger partial charge in [-0.05, 0) is 19.8 Å². The summed E-state index contributed by atoms with van der Waals surface area (Å²) in [4.78, 5) is 16.1. The number of aromatic nitrogens is 4. The number of hydrogen-bond donors (Lipinski definition) is 1. The molecule has 0 saturated carbocycles. The highest BCUT2D eigenvalue weighted by molar-refractivity contribution is 5.68. The fourth-order valence-corrected chi connectivity index (χ4v) is 1.96. The zero-order valence-corrected chi connectivity index (χ0v) is 12.0. The molecule has 0 aliphatic heterocycles. The van der Waals surface area contributed by atoms with Crippen LogP contribution >= 0.6 is 0 Å². The molecule has 0 saturated heterocycles. The predicted molar refractivity (Wildman–Crippen MR) is 82.4 cm³/mol. The van der Waals surface area contributed by atoms with Gasteiger partial charge in [0, 0.05) is 5.92 Å². The van der Waals surface area contributed by atoms with Gasteiger partial charge in [0.15, 0.2) is 5.65 Å². The van der Waals surface area contributed by atoms with Gasteiger partial charge < -0.3 is 4.98 Å². The molecule has 0 radical (unpaired) electrons. The molecule has 2 rings (SSSR count). The third-order valence-electron chi connectivity index (χ3n) is 3.13. The Bertz CT molecular complexity index is 622. The summed E-state index contributed by atoms with van der Waals surface area (Å²) in [5.74, 6) is 1.21. The van der Waals surface area contributed by atoms with E-state index in [1.807, 2.05) is 37.4 Å². The molecular formula is C16H20N4. The first kappa shape index (κ1) is 14.2. The maximum atomic E-state index is 4.52. The minimum atomic E-state index is 0.336. The Balaban J connectivity index is 2.03. The number of H-pyrrole nitrogens is 1. The maximum absolute atomic E-state index is 4.52. The van der Waals surface area contributed by atoms with Gasteiger partial charge in [0.25, 0.3) is 0 Å². The monoisotopic (exact) mass is 268 g/mol. The van der Waals surface area contributed by atoms with Crippen molar-refractivity contribution < 1.29 is 0 Å². The first-order valence-corrected chi connectivity index (χ1v) is 6.95. The van der Waals surface area contributed by atoms with Crippen LogP contribution in [0.25, 0.3) is 11.2 Å². The van der Waals surface area contributed by atoms with Crippen molar-refractivity contribution >= 4 is 11.2 Å². The Morgan fingerprint density at radius 1 is 1.20 bits per heavy atom. The molecule has 0 aliphatic carbocycles. The molecule has 1 atom stereocenters. The van der Waals surface area contributed by atoms with Crippen LogP contribution < -0.4 is 0 Å². The highest BCUT2D eigenvalue weighted by Gasteiger charge is 2.12. The quantitative estimate of drug-likeness (QED) is 0.808. The van der Waals surface area contributed by atoms with E-state index in [1.165, 1.54) is 0 Å². The molecule has 2 aromatic rings. The normalized spacial score (nSPS) is 14.1. The van der Waals surface area contributed by atoms with E-state index < -0.39 is 0 Å². The van der Waals surface area contributed by atoms with Gasteiger partial charge in [-0.1, -0.05) is 43.4 Å². The van der Waals surface area contributed by atoms with E-state index in [4.69, 9.17) is 0 Å². The molecule has 0 fully saturated rings. The van der Waals surface area contributed by atoms with Crippen LogP contribution in [0.5, 0.6) is 0 Å². The van der Waals surface area contributed by atoms with Gasteiger partial charge in [0.1, 0.15) is 11.3 Å². The molecule has 1 N–H and O–H groups in total. The molecule has 0 bridgehead atoms. The summed E-state index contributed by atoms with van der Waals surface area (Å²) in [5, 5.41) is 0.